The molecule has 188 valence electrons. The quantitative estimate of drug-likeness (QED) is 0.368. The van der Waals surface area contributed by atoms with Crippen LogP contribution in [-0.2, 0) is 0 Å². The lowest BCUT2D eigenvalue weighted by Gasteiger charge is -2.37. The summed E-state index contributed by atoms with van der Waals surface area (Å²) in [5.41, 5.74) is 9.95. The Morgan fingerprint density at radius 3 is 2.56 bits per heavy atom. The molecule has 4 aromatic rings. The number of piperidine rings is 1. The van der Waals surface area contributed by atoms with Crippen LogP contribution in [0.2, 0.25) is 5.28 Å². The third-order valence-electron chi connectivity index (χ3n) is 7.11. The first-order valence-corrected chi connectivity index (χ1v) is 13.6. The van der Waals surface area contributed by atoms with Crippen molar-refractivity contribution in [1.29, 1.82) is 0 Å². The molecule has 0 saturated carbocycles. The van der Waals surface area contributed by atoms with Crippen LogP contribution in [0.15, 0.2) is 17.6 Å². The highest BCUT2D eigenvalue weighted by atomic mass is 35.5. The number of nitrogens with two attached hydrogens (primary N) is 1. The third-order valence-corrected chi connectivity index (χ3v) is 8.36. The van der Waals surface area contributed by atoms with Crippen molar-refractivity contribution in [1.82, 2.24) is 34.6 Å². The minimum Gasteiger partial charge on any atom is -0.368 e. The molecule has 10 nitrogen and oxygen atoms in total. The van der Waals surface area contributed by atoms with E-state index in [4.69, 9.17) is 22.3 Å². The Hall–Kier alpha value is -3.02. The second-order valence-electron chi connectivity index (χ2n) is 9.57. The summed E-state index contributed by atoms with van der Waals surface area (Å²) in [6, 6.07) is 2.80. The molecule has 36 heavy (non-hydrogen) atoms. The lowest BCUT2D eigenvalue weighted by Crippen LogP contribution is -2.44. The van der Waals surface area contributed by atoms with Crippen molar-refractivity contribution in [3.63, 3.8) is 0 Å². The molecule has 0 unspecified atom stereocenters. The topological polar surface area (TPSA) is 114 Å². The molecule has 2 fully saturated rings. The van der Waals surface area contributed by atoms with Crippen molar-refractivity contribution in [2.24, 2.45) is 0 Å². The number of likely N-dealkylation sites (tertiary alicyclic amines) is 1. The second kappa shape index (κ2) is 9.45. The van der Waals surface area contributed by atoms with E-state index >= 15 is 0 Å². The van der Waals surface area contributed by atoms with Gasteiger partial charge in [0.15, 0.2) is 5.82 Å². The van der Waals surface area contributed by atoms with Crippen LogP contribution in [0.25, 0.3) is 16.0 Å². The fraction of sp³-hybridized carbons (Fsp3) is 0.458. The van der Waals surface area contributed by atoms with Crippen LogP contribution in [0.3, 0.4) is 0 Å². The number of aryl methyl sites for hydroxylation is 2. The number of nitrogens with one attached hydrogen (secondary N) is 1. The molecule has 0 spiro atoms. The van der Waals surface area contributed by atoms with Crippen molar-refractivity contribution in [2.75, 3.05) is 42.1 Å². The van der Waals surface area contributed by atoms with E-state index in [1.165, 1.54) is 54.8 Å². The molecule has 2 aliphatic heterocycles. The van der Waals surface area contributed by atoms with Gasteiger partial charge in [0.2, 0.25) is 17.2 Å². The van der Waals surface area contributed by atoms with Crippen LogP contribution in [0.4, 0.5) is 23.4 Å². The Labute approximate surface area is 218 Å². The van der Waals surface area contributed by atoms with Crippen LogP contribution in [-0.4, -0.2) is 66.8 Å². The second-order valence-corrected chi connectivity index (χ2v) is 10.8. The number of nitrogen functional groups attached to an aromatic ring is 1. The van der Waals surface area contributed by atoms with Gasteiger partial charge in [-0.05, 0) is 86.8 Å². The summed E-state index contributed by atoms with van der Waals surface area (Å²) >= 11 is 7.70. The Morgan fingerprint density at radius 2 is 1.81 bits per heavy atom. The molecule has 2 aliphatic rings. The number of anilines is 4. The monoisotopic (exact) mass is 524 g/mol. The zero-order valence-corrected chi connectivity index (χ0v) is 22.0. The maximum atomic E-state index is 6.21. The summed E-state index contributed by atoms with van der Waals surface area (Å²) in [4.78, 5) is 23.0. The summed E-state index contributed by atoms with van der Waals surface area (Å²) in [5, 5.41) is 9.93. The fourth-order valence-corrected chi connectivity index (χ4v) is 6.44. The van der Waals surface area contributed by atoms with Gasteiger partial charge in [0, 0.05) is 19.1 Å². The predicted octanol–water partition coefficient (Wildman–Crippen LogP) is 4.33. The standard InChI is InChI=1S/C24H29ClN10S/c1-14-11-16(12-27-20(14)34-9-5-17(6-10-34)33-7-3-4-8-33)28-24-31-23(26)35(32-24)21-19-18(15(2)13-36-19)29-22(25)30-21/h11-13,17H,3-10H2,1-2H3,(H3,26,28,31,32). The molecular formula is C24H29ClN10S. The van der Waals surface area contributed by atoms with E-state index in [0.29, 0.717) is 11.8 Å². The Morgan fingerprint density at radius 1 is 1.03 bits per heavy atom. The normalized spacial score (nSPS) is 17.4. The highest BCUT2D eigenvalue weighted by molar-refractivity contribution is 7.17. The van der Waals surface area contributed by atoms with Gasteiger partial charge in [-0.2, -0.15) is 14.6 Å². The molecule has 12 heteroatoms. The zero-order chi connectivity index (χ0) is 24.8. The average molecular weight is 525 g/mol. The van der Waals surface area contributed by atoms with E-state index < -0.39 is 0 Å². The van der Waals surface area contributed by atoms with E-state index in [2.05, 4.69) is 48.2 Å². The maximum Gasteiger partial charge on any atom is 0.248 e. The van der Waals surface area contributed by atoms with Gasteiger partial charge in [0.05, 0.1) is 22.1 Å². The van der Waals surface area contributed by atoms with E-state index in [0.717, 1.165) is 52.0 Å². The van der Waals surface area contributed by atoms with Crippen molar-refractivity contribution in [2.45, 2.75) is 45.6 Å². The number of rotatable bonds is 5. The van der Waals surface area contributed by atoms with Crippen molar-refractivity contribution >= 4 is 56.6 Å². The highest BCUT2D eigenvalue weighted by Gasteiger charge is 2.27. The number of pyridine rings is 1. The first kappa shape index (κ1) is 23.4. The Bertz CT molecular complexity index is 1400. The van der Waals surface area contributed by atoms with E-state index in [-0.39, 0.29) is 11.2 Å². The lowest BCUT2D eigenvalue weighted by molar-refractivity contribution is 0.207. The number of hydrogen-bond acceptors (Lipinski definition) is 10. The van der Waals surface area contributed by atoms with Crippen molar-refractivity contribution in [3.05, 3.63) is 34.1 Å². The minimum atomic E-state index is 0.142. The molecule has 0 aromatic carbocycles. The third kappa shape index (κ3) is 4.35. The van der Waals surface area contributed by atoms with E-state index in [1.807, 2.05) is 18.5 Å². The largest absolute Gasteiger partial charge is 0.368 e. The molecule has 0 atom stereocenters. The molecular weight excluding hydrogens is 496 g/mol. The number of nitrogens with zero attached hydrogens (tertiary/aromatic N) is 8. The van der Waals surface area contributed by atoms with Gasteiger partial charge in [0.25, 0.3) is 0 Å². The summed E-state index contributed by atoms with van der Waals surface area (Å²) < 4.78 is 2.35. The van der Waals surface area contributed by atoms with Crippen molar-refractivity contribution < 1.29 is 0 Å². The van der Waals surface area contributed by atoms with Gasteiger partial charge in [0.1, 0.15) is 5.82 Å². The zero-order valence-electron chi connectivity index (χ0n) is 20.4. The van der Waals surface area contributed by atoms with E-state index in [1.54, 1.807) is 0 Å². The minimum absolute atomic E-state index is 0.142. The summed E-state index contributed by atoms with van der Waals surface area (Å²) in [5.74, 6) is 2.14. The number of fused-ring (bicyclic) bond motifs is 1. The number of thiophene rings is 1. The van der Waals surface area contributed by atoms with Gasteiger partial charge in [-0.1, -0.05) is 0 Å². The maximum absolute atomic E-state index is 6.21. The first-order chi connectivity index (χ1) is 17.5. The fourth-order valence-electron chi connectivity index (χ4n) is 5.31. The first-order valence-electron chi connectivity index (χ1n) is 12.3. The smallest absolute Gasteiger partial charge is 0.248 e. The average Bonchev–Trinajstić information content (AvgIpc) is 3.61. The summed E-state index contributed by atoms with van der Waals surface area (Å²) in [6.07, 6.45) is 6.92. The summed E-state index contributed by atoms with van der Waals surface area (Å²) in [7, 11) is 0. The van der Waals surface area contributed by atoms with Gasteiger partial charge in [-0.3, -0.25) is 0 Å². The molecule has 4 aromatic heterocycles. The molecule has 0 aliphatic carbocycles. The Kier molecular flexibility index (Phi) is 6.14. The lowest BCUT2D eigenvalue weighted by atomic mass is 10.0. The highest BCUT2D eigenvalue weighted by Crippen LogP contribution is 2.31. The molecule has 2 saturated heterocycles. The molecule has 0 radical (unpaired) electrons. The van der Waals surface area contributed by atoms with Crippen LogP contribution < -0.4 is 16.0 Å². The van der Waals surface area contributed by atoms with Gasteiger partial charge < -0.3 is 20.9 Å². The number of hydrogen-bond donors (Lipinski definition) is 2. The molecule has 6 rings (SSSR count). The van der Waals surface area contributed by atoms with Crippen LogP contribution >= 0.6 is 22.9 Å². The van der Waals surface area contributed by atoms with Crippen LogP contribution in [0.5, 0.6) is 0 Å². The van der Waals surface area contributed by atoms with Crippen LogP contribution in [0, 0.1) is 13.8 Å². The number of halogens is 1. The SMILES string of the molecule is Cc1cc(Nc2nc(N)n(-c3nc(Cl)nc4c(C)csc34)n2)cnc1N1CCC(N2CCCC2)CC1. The van der Waals surface area contributed by atoms with Gasteiger partial charge in [-0.25, -0.2) is 9.97 Å². The van der Waals surface area contributed by atoms with Gasteiger partial charge in [-0.15, -0.1) is 16.4 Å². The number of aromatic nitrogens is 6. The summed E-state index contributed by atoms with van der Waals surface area (Å²) in [6.45, 7) is 8.69. The van der Waals surface area contributed by atoms with E-state index in [9.17, 15) is 0 Å². The van der Waals surface area contributed by atoms with Gasteiger partial charge >= 0.3 is 0 Å². The molecule has 3 N–H and O–H groups in total. The molecule has 6 heterocycles. The van der Waals surface area contributed by atoms with Crippen LogP contribution in [0.1, 0.15) is 36.8 Å². The Balaban J connectivity index is 1.18. The predicted molar refractivity (Wildman–Crippen MR) is 145 cm³/mol. The van der Waals surface area contributed by atoms with Crippen molar-refractivity contribution in [3.8, 4) is 5.82 Å². The molecule has 0 bridgehead atoms. The molecule has 0 amide bonds.